The van der Waals surface area contributed by atoms with Gasteiger partial charge in [-0.15, -0.1) is 0 Å². The number of piperidine rings is 1. The second-order valence-electron chi connectivity index (χ2n) is 4.95. The van der Waals surface area contributed by atoms with Gasteiger partial charge in [-0.25, -0.2) is 0 Å². The highest BCUT2D eigenvalue weighted by atomic mass is 16.6. The third-order valence-corrected chi connectivity index (χ3v) is 3.49. The summed E-state index contributed by atoms with van der Waals surface area (Å²) in [6, 6.07) is 4.12. The number of hydrogen-bond acceptors (Lipinski definition) is 5. The first-order chi connectivity index (χ1) is 10.1. The van der Waals surface area contributed by atoms with Crippen LogP contribution in [0.4, 0.5) is 11.4 Å². The molecule has 1 amide bonds. The summed E-state index contributed by atoms with van der Waals surface area (Å²) in [6.07, 6.45) is 3.69. The van der Waals surface area contributed by atoms with Gasteiger partial charge in [-0.2, -0.15) is 0 Å². The van der Waals surface area contributed by atoms with Gasteiger partial charge >= 0.3 is 0 Å². The molecule has 0 spiro atoms. The molecule has 1 aliphatic rings. The highest BCUT2D eigenvalue weighted by molar-refractivity contribution is 5.83. The number of nitrogens with one attached hydrogen (secondary N) is 1. The number of hydrogen-bond donors (Lipinski definition) is 1. The van der Waals surface area contributed by atoms with E-state index in [4.69, 9.17) is 0 Å². The lowest BCUT2D eigenvalue weighted by molar-refractivity contribution is -0.384. The van der Waals surface area contributed by atoms with Crippen molar-refractivity contribution in [2.45, 2.75) is 19.3 Å². The first-order valence-corrected chi connectivity index (χ1v) is 6.87. The predicted octanol–water partition coefficient (Wildman–Crippen LogP) is 1.83. The highest BCUT2D eigenvalue weighted by Gasteiger charge is 2.19. The number of likely N-dealkylation sites (tertiary alicyclic amines) is 1. The first-order valence-electron chi connectivity index (χ1n) is 6.87. The van der Waals surface area contributed by atoms with Crippen LogP contribution in [0.15, 0.2) is 18.2 Å². The summed E-state index contributed by atoms with van der Waals surface area (Å²) in [7, 11) is 0. The molecular weight excluding hydrogens is 274 g/mol. The second kappa shape index (κ2) is 6.83. The number of carbonyl (C=O) groups is 2. The smallest absolute Gasteiger partial charge is 0.293 e. The Bertz CT molecular complexity index is 553. The fraction of sp³-hybridized carbons (Fsp3) is 0.429. The molecule has 0 aromatic heterocycles. The molecule has 112 valence electrons. The largest absolute Gasteiger partial charge is 0.371 e. The summed E-state index contributed by atoms with van der Waals surface area (Å²) >= 11 is 0. The average Bonchev–Trinajstić information content (AvgIpc) is 2.53. The number of anilines is 1. The zero-order chi connectivity index (χ0) is 15.2. The Balaban J connectivity index is 2.03. The monoisotopic (exact) mass is 291 g/mol. The molecule has 2 rings (SSSR count). The molecule has 1 fully saturated rings. The van der Waals surface area contributed by atoms with Crippen LogP contribution < -0.4 is 5.32 Å². The molecule has 0 saturated carbocycles. The number of rotatable bonds is 5. The number of carbonyl (C=O) groups excluding carboxylic acids is 2. The van der Waals surface area contributed by atoms with E-state index in [0.29, 0.717) is 6.29 Å². The van der Waals surface area contributed by atoms with Crippen molar-refractivity contribution >= 4 is 23.6 Å². The molecule has 7 heteroatoms. The number of benzene rings is 1. The van der Waals surface area contributed by atoms with Gasteiger partial charge in [0.05, 0.1) is 11.5 Å². The van der Waals surface area contributed by atoms with Crippen molar-refractivity contribution in [1.29, 1.82) is 0 Å². The minimum absolute atomic E-state index is 0.0152. The molecule has 1 heterocycles. The normalized spacial score (nSPS) is 14.6. The summed E-state index contributed by atoms with van der Waals surface area (Å²) in [4.78, 5) is 34.9. The summed E-state index contributed by atoms with van der Waals surface area (Å²) in [5.74, 6) is -0.0662. The maximum absolute atomic E-state index is 12.0. The standard InChI is InChI=1S/C14H17N3O4/c18-10-11-4-5-12(13(8-11)17(20)21)15-9-14(19)16-6-2-1-3-7-16/h4-5,8,10,15H,1-3,6-7,9H2. The van der Waals surface area contributed by atoms with Crippen molar-refractivity contribution in [3.05, 3.63) is 33.9 Å². The minimum Gasteiger partial charge on any atom is -0.371 e. The van der Waals surface area contributed by atoms with E-state index in [-0.39, 0.29) is 29.4 Å². The van der Waals surface area contributed by atoms with Crippen molar-refractivity contribution in [3.8, 4) is 0 Å². The molecule has 1 aromatic carbocycles. The Morgan fingerprint density at radius 1 is 1.33 bits per heavy atom. The van der Waals surface area contributed by atoms with E-state index in [1.54, 1.807) is 4.90 Å². The molecule has 1 aromatic rings. The molecule has 0 aliphatic carbocycles. The summed E-state index contributed by atoms with van der Waals surface area (Å²) < 4.78 is 0. The van der Waals surface area contributed by atoms with Crippen LogP contribution in [0.25, 0.3) is 0 Å². The molecule has 1 aliphatic heterocycles. The Morgan fingerprint density at radius 3 is 2.67 bits per heavy atom. The average molecular weight is 291 g/mol. The van der Waals surface area contributed by atoms with Crippen molar-refractivity contribution in [2.24, 2.45) is 0 Å². The SMILES string of the molecule is O=Cc1ccc(NCC(=O)N2CCCCC2)c([N+](=O)[O-])c1. The fourth-order valence-electron chi connectivity index (χ4n) is 2.35. The van der Waals surface area contributed by atoms with Gasteiger partial charge in [-0.05, 0) is 31.4 Å². The molecule has 0 bridgehead atoms. The Kier molecular flexibility index (Phi) is 4.86. The Labute approximate surface area is 122 Å². The van der Waals surface area contributed by atoms with Gasteiger partial charge in [0, 0.05) is 24.7 Å². The number of nitro groups is 1. The van der Waals surface area contributed by atoms with E-state index in [1.807, 2.05) is 0 Å². The van der Waals surface area contributed by atoms with Crippen molar-refractivity contribution in [2.75, 3.05) is 25.0 Å². The maximum Gasteiger partial charge on any atom is 0.293 e. The van der Waals surface area contributed by atoms with E-state index >= 15 is 0 Å². The Morgan fingerprint density at radius 2 is 2.05 bits per heavy atom. The molecular formula is C14H17N3O4. The van der Waals surface area contributed by atoms with Gasteiger partial charge in [0.1, 0.15) is 12.0 Å². The van der Waals surface area contributed by atoms with Crippen LogP contribution in [0.2, 0.25) is 0 Å². The van der Waals surface area contributed by atoms with Crippen LogP contribution in [0.3, 0.4) is 0 Å². The number of aldehydes is 1. The van der Waals surface area contributed by atoms with Gasteiger partial charge in [-0.1, -0.05) is 0 Å². The topological polar surface area (TPSA) is 92.6 Å². The van der Waals surface area contributed by atoms with Crippen LogP contribution in [0.1, 0.15) is 29.6 Å². The number of amides is 1. The van der Waals surface area contributed by atoms with Crippen molar-refractivity contribution < 1.29 is 14.5 Å². The van der Waals surface area contributed by atoms with E-state index < -0.39 is 4.92 Å². The molecule has 1 N–H and O–H groups in total. The quantitative estimate of drug-likeness (QED) is 0.507. The second-order valence-corrected chi connectivity index (χ2v) is 4.95. The lowest BCUT2D eigenvalue weighted by atomic mass is 10.1. The third-order valence-electron chi connectivity index (χ3n) is 3.49. The van der Waals surface area contributed by atoms with Crippen LogP contribution in [0, 0.1) is 10.1 Å². The van der Waals surface area contributed by atoms with Gasteiger partial charge in [-0.3, -0.25) is 19.7 Å². The summed E-state index contributed by atoms with van der Waals surface area (Å²) in [5.41, 5.74) is 0.275. The molecule has 0 radical (unpaired) electrons. The van der Waals surface area contributed by atoms with Gasteiger partial charge < -0.3 is 10.2 Å². The lowest BCUT2D eigenvalue weighted by Gasteiger charge is -2.26. The van der Waals surface area contributed by atoms with E-state index in [9.17, 15) is 19.7 Å². The van der Waals surface area contributed by atoms with Crippen LogP contribution in [-0.2, 0) is 4.79 Å². The van der Waals surface area contributed by atoms with Crippen LogP contribution in [-0.4, -0.2) is 41.7 Å². The minimum atomic E-state index is -0.569. The van der Waals surface area contributed by atoms with Gasteiger partial charge in [0.15, 0.2) is 0 Å². The highest BCUT2D eigenvalue weighted by Crippen LogP contribution is 2.25. The molecule has 1 saturated heterocycles. The van der Waals surface area contributed by atoms with Crippen molar-refractivity contribution in [1.82, 2.24) is 4.90 Å². The maximum atomic E-state index is 12.0. The molecule has 0 atom stereocenters. The van der Waals surface area contributed by atoms with Crippen LogP contribution in [0.5, 0.6) is 0 Å². The molecule has 7 nitrogen and oxygen atoms in total. The zero-order valence-electron chi connectivity index (χ0n) is 11.6. The van der Waals surface area contributed by atoms with Gasteiger partial charge in [0.2, 0.25) is 5.91 Å². The zero-order valence-corrected chi connectivity index (χ0v) is 11.6. The van der Waals surface area contributed by atoms with E-state index in [2.05, 4.69) is 5.32 Å². The molecule has 21 heavy (non-hydrogen) atoms. The van der Waals surface area contributed by atoms with Crippen LogP contribution >= 0.6 is 0 Å². The summed E-state index contributed by atoms with van der Waals surface area (Å²) in [6.45, 7) is 1.50. The third kappa shape index (κ3) is 3.77. The Hall–Kier alpha value is -2.44. The lowest BCUT2D eigenvalue weighted by Crippen LogP contribution is -2.39. The molecule has 0 unspecified atom stereocenters. The van der Waals surface area contributed by atoms with Gasteiger partial charge in [0.25, 0.3) is 5.69 Å². The summed E-state index contributed by atoms with van der Waals surface area (Å²) in [5, 5.41) is 13.8. The van der Waals surface area contributed by atoms with E-state index in [0.717, 1.165) is 32.4 Å². The predicted molar refractivity (Wildman–Crippen MR) is 77.4 cm³/mol. The fourth-order valence-corrected chi connectivity index (χ4v) is 2.35. The van der Waals surface area contributed by atoms with Crippen molar-refractivity contribution in [3.63, 3.8) is 0 Å². The van der Waals surface area contributed by atoms with E-state index in [1.165, 1.54) is 18.2 Å². The number of nitro benzene ring substituents is 1. The number of nitrogens with zero attached hydrogens (tertiary/aromatic N) is 2. The first kappa shape index (κ1) is 15.0.